The molecule has 0 spiro atoms. The van der Waals surface area contributed by atoms with Crippen molar-refractivity contribution in [3.63, 3.8) is 0 Å². The molecule has 0 aliphatic carbocycles. The summed E-state index contributed by atoms with van der Waals surface area (Å²) in [5.74, 6) is -0.181. The van der Waals surface area contributed by atoms with Gasteiger partial charge in [-0.05, 0) is 52.9 Å². The van der Waals surface area contributed by atoms with E-state index in [1.165, 1.54) is 6.07 Å². The van der Waals surface area contributed by atoms with Crippen LogP contribution in [0.4, 0.5) is 17.2 Å². The van der Waals surface area contributed by atoms with Crippen molar-refractivity contribution in [1.29, 1.82) is 0 Å². The number of anilines is 3. The van der Waals surface area contributed by atoms with Gasteiger partial charge in [0.05, 0.1) is 11.4 Å². The predicted molar refractivity (Wildman–Crippen MR) is 87.3 cm³/mol. The Kier molecular flexibility index (Phi) is 4.25. The molecule has 1 aromatic heterocycles. The Morgan fingerprint density at radius 2 is 2.05 bits per heavy atom. The van der Waals surface area contributed by atoms with Gasteiger partial charge < -0.3 is 16.8 Å². The van der Waals surface area contributed by atoms with Crippen molar-refractivity contribution in [2.75, 3.05) is 11.1 Å². The zero-order valence-electron chi connectivity index (χ0n) is 9.65. The van der Waals surface area contributed by atoms with Crippen molar-refractivity contribution in [2.45, 2.75) is 0 Å². The smallest absolute Gasteiger partial charge is 0.267 e. The van der Waals surface area contributed by atoms with Gasteiger partial charge in [0.25, 0.3) is 5.91 Å². The summed E-state index contributed by atoms with van der Waals surface area (Å²) >= 11 is 5.59. The molecular weight excluding hydrogens is 423 g/mol. The van der Waals surface area contributed by atoms with Gasteiger partial charge in [-0.3, -0.25) is 4.79 Å². The molecule has 2 rings (SSSR count). The van der Waals surface area contributed by atoms with E-state index < -0.39 is 5.91 Å². The summed E-state index contributed by atoms with van der Waals surface area (Å²) in [7, 11) is 0. The van der Waals surface area contributed by atoms with E-state index >= 15 is 0 Å². The molecule has 5 N–H and O–H groups in total. The lowest BCUT2D eigenvalue weighted by atomic mass is 10.3. The number of primary amides is 1. The molecule has 1 amide bonds. The van der Waals surface area contributed by atoms with Gasteiger partial charge in [-0.15, -0.1) is 0 Å². The summed E-state index contributed by atoms with van der Waals surface area (Å²) in [5.41, 5.74) is 12.5. The van der Waals surface area contributed by atoms with Crippen molar-refractivity contribution in [2.24, 2.45) is 5.73 Å². The number of nitrogen functional groups attached to an aromatic ring is 1. The first-order valence-electron chi connectivity index (χ1n) is 5.26. The SMILES string of the molecule is NC(=O)c1ccc(N)c(Nc2cc(Br)ccc2I)n1. The van der Waals surface area contributed by atoms with Gasteiger partial charge >= 0.3 is 0 Å². The predicted octanol–water partition coefficient (Wildman–Crippen LogP) is 2.87. The van der Waals surface area contributed by atoms with E-state index in [-0.39, 0.29) is 5.69 Å². The van der Waals surface area contributed by atoms with Crippen LogP contribution >= 0.6 is 38.5 Å². The minimum absolute atomic E-state index is 0.168. The highest BCUT2D eigenvalue weighted by atomic mass is 127. The van der Waals surface area contributed by atoms with E-state index in [4.69, 9.17) is 11.5 Å². The van der Waals surface area contributed by atoms with Gasteiger partial charge in [-0.25, -0.2) is 4.98 Å². The lowest BCUT2D eigenvalue weighted by Crippen LogP contribution is -2.14. The number of aromatic nitrogens is 1. The van der Waals surface area contributed by atoms with Crippen LogP contribution in [0.2, 0.25) is 0 Å². The van der Waals surface area contributed by atoms with Gasteiger partial charge in [-0.2, -0.15) is 0 Å². The third kappa shape index (κ3) is 3.35. The Bertz CT molecular complexity index is 648. The van der Waals surface area contributed by atoms with Crippen molar-refractivity contribution < 1.29 is 4.79 Å². The molecule has 1 heterocycles. The second kappa shape index (κ2) is 5.74. The molecule has 2 aromatic rings. The highest BCUT2D eigenvalue weighted by Crippen LogP contribution is 2.27. The van der Waals surface area contributed by atoms with Gasteiger partial charge in [0.1, 0.15) is 5.69 Å². The van der Waals surface area contributed by atoms with Gasteiger partial charge in [-0.1, -0.05) is 15.9 Å². The molecule has 19 heavy (non-hydrogen) atoms. The second-order valence-electron chi connectivity index (χ2n) is 3.75. The summed E-state index contributed by atoms with van der Waals surface area (Å²) in [5, 5.41) is 3.10. The molecule has 0 radical (unpaired) electrons. The van der Waals surface area contributed by atoms with Crippen LogP contribution in [0.5, 0.6) is 0 Å². The molecule has 0 saturated carbocycles. The summed E-state index contributed by atoms with van der Waals surface area (Å²) in [6, 6.07) is 8.87. The van der Waals surface area contributed by atoms with E-state index in [1.807, 2.05) is 18.2 Å². The molecule has 0 atom stereocenters. The number of rotatable bonds is 3. The van der Waals surface area contributed by atoms with E-state index in [0.717, 1.165) is 13.7 Å². The van der Waals surface area contributed by atoms with Crippen LogP contribution in [0.1, 0.15) is 10.5 Å². The van der Waals surface area contributed by atoms with E-state index in [0.29, 0.717) is 11.5 Å². The third-order valence-electron chi connectivity index (χ3n) is 2.36. The number of carbonyl (C=O) groups is 1. The Hall–Kier alpha value is -1.35. The molecule has 7 heteroatoms. The molecule has 98 valence electrons. The van der Waals surface area contributed by atoms with E-state index in [1.54, 1.807) is 6.07 Å². The third-order valence-corrected chi connectivity index (χ3v) is 3.79. The largest absolute Gasteiger partial charge is 0.396 e. The van der Waals surface area contributed by atoms with Crippen LogP contribution in [0.3, 0.4) is 0 Å². The molecule has 0 aliphatic heterocycles. The van der Waals surface area contributed by atoms with Crippen LogP contribution in [0, 0.1) is 3.57 Å². The van der Waals surface area contributed by atoms with E-state index in [2.05, 4.69) is 48.8 Å². The molecule has 0 aliphatic rings. The number of hydrogen-bond donors (Lipinski definition) is 3. The molecule has 5 nitrogen and oxygen atoms in total. The first-order valence-corrected chi connectivity index (χ1v) is 7.13. The number of hydrogen-bond acceptors (Lipinski definition) is 4. The van der Waals surface area contributed by atoms with Crippen LogP contribution in [0.25, 0.3) is 0 Å². The average molecular weight is 433 g/mol. The van der Waals surface area contributed by atoms with Gasteiger partial charge in [0.15, 0.2) is 5.82 Å². The minimum Gasteiger partial charge on any atom is -0.396 e. The maximum atomic E-state index is 11.1. The van der Waals surface area contributed by atoms with Gasteiger partial charge in [0.2, 0.25) is 0 Å². The Morgan fingerprint density at radius 3 is 2.74 bits per heavy atom. The first-order chi connectivity index (χ1) is 8.97. The Labute approximate surface area is 132 Å². The standard InChI is InChI=1S/C12H10BrIN4O/c13-6-1-2-7(14)10(5-6)18-12-8(15)3-4-9(17-12)11(16)19/h1-5H,15H2,(H2,16,19)(H,17,18). The zero-order chi connectivity index (χ0) is 14.0. The van der Waals surface area contributed by atoms with E-state index in [9.17, 15) is 4.79 Å². The Morgan fingerprint density at radius 1 is 1.32 bits per heavy atom. The number of benzene rings is 1. The van der Waals surface area contributed by atoms with Crippen molar-refractivity contribution in [1.82, 2.24) is 4.98 Å². The highest BCUT2D eigenvalue weighted by molar-refractivity contribution is 14.1. The molecular formula is C12H10BrIN4O. The Balaban J connectivity index is 2.40. The number of halogens is 2. The number of nitrogens with one attached hydrogen (secondary N) is 1. The lowest BCUT2D eigenvalue weighted by Gasteiger charge is -2.11. The summed E-state index contributed by atoms with van der Waals surface area (Å²) in [6.45, 7) is 0. The topological polar surface area (TPSA) is 94.0 Å². The quantitative estimate of drug-likeness (QED) is 0.650. The number of amides is 1. The number of nitrogens with zero attached hydrogens (tertiary/aromatic N) is 1. The zero-order valence-corrected chi connectivity index (χ0v) is 13.4. The summed E-state index contributed by atoms with van der Waals surface area (Å²) in [6.07, 6.45) is 0. The van der Waals surface area contributed by atoms with Gasteiger partial charge in [0, 0.05) is 8.04 Å². The minimum atomic E-state index is -0.591. The number of pyridine rings is 1. The fourth-order valence-electron chi connectivity index (χ4n) is 1.43. The highest BCUT2D eigenvalue weighted by Gasteiger charge is 2.09. The second-order valence-corrected chi connectivity index (χ2v) is 5.83. The molecule has 0 unspecified atom stereocenters. The fraction of sp³-hybridized carbons (Fsp3) is 0. The summed E-state index contributed by atoms with van der Waals surface area (Å²) < 4.78 is 1.94. The molecule has 0 bridgehead atoms. The van der Waals surface area contributed by atoms with Crippen molar-refractivity contribution in [3.8, 4) is 0 Å². The summed E-state index contributed by atoms with van der Waals surface area (Å²) in [4.78, 5) is 15.2. The van der Waals surface area contributed by atoms with Crippen molar-refractivity contribution >= 4 is 61.6 Å². The maximum Gasteiger partial charge on any atom is 0.267 e. The van der Waals surface area contributed by atoms with Crippen LogP contribution in [-0.4, -0.2) is 10.9 Å². The van der Waals surface area contributed by atoms with Crippen LogP contribution in [0.15, 0.2) is 34.8 Å². The van der Waals surface area contributed by atoms with Crippen LogP contribution in [-0.2, 0) is 0 Å². The normalized spacial score (nSPS) is 10.2. The first kappa shape index (κ1) is 14.1. The van der Waals surface area contributed by atoms with Crippen molar-refractivity contribution in [3.05, 3.63) is 44.1 Å². The molecule has 0 saturated heterocycles. The molecule has 0 fully saturated rings. The number of carbonyl (C=O) groups excluding carboxylic acids is 1. The van der Waals surface area contributed by atoms with Crippen LogP contribution < -0.4 is 16.8 Å². The lowest BCUT2D eigenvalue weighted by molar-refractivity contribution is 0.0996. The fourth-order valence-corrected chi connectivity index (χ4v) is 2.26. The number of nitrogens with two attached hydrogens (primary N) is 2. The average Bonchev–Trinajstić information content (AvgIpc) is 2.36. The maximum absolute atomic E-state index is 11.1. The monoisotopic (exact) mass is 432 g/mol. The molecule has 1 aromatic carbocycles.